The predicted molar refractivity (Wildman–Crippen MR) is 121 cm³/mol. The fourth-order valence-corrected chi connectivity index (χ4v) is 3.96. The monoisotopic (exact) mass is 432 g/mol. The van der Waals surface area contributed by atoms with Gasteiger partial charge in [0, 0.05) is 36.5 Å². The van der Waals surface area contributed by atoms with Gasteiger partial charge in [0.1, 0.15) is 23.4 Å². The largest absolute Gasteiger partial charge is 0.497 e. The highest BCUT2D eigenvalue weighted by molar-refractivity contribution is 5.96. The SMILES string of the molecule is COc1cccc(C(NC(=O)c2cc(C)n(-c3ccc(F)cc3)c2C)c2nccn2C)c1. The number of halogens is 1. The second-order valence-corrected chi connectivity index (χ2v) is 7.68. The average molecular weight is 432 g/mol. The molecule has 0 spiro atoms. The maximum Gasteiger partial charge on any atom is 0.253 e. The molecule has 1 N–H and O–H groups in total. The summed E-state index contributed by atoms with van der Waals surface area (Å²) in [6, 6.07) is 15.2. The van der Waals surface area contributed by atoms with E-state index in [1.165, 1.54) is 12.1 Å². The van der Waals surface area contributed by atoms with Crippen LogP contribution in [0.4, 0.5) is 4.39 Å². The summed E-state index contributed by atoms with van der Waals surface area (Å²) < 4.78 is 22.6. The molecule has 0 aliphatic heterocycles. The van der Waals surface area contributed by atoms with Gasteiger partial charge in [0.15, 0.2) is 0 Å². The van der Waals surface area contributed by atoms with Crippen LogP contribution < -0.4 is 10.1 Å². The van der Waals surface area contributed by atoms with E-state index >= 15 is 0 Å². The van der Waals surface area contributed by atoms with Crippen LogP contribution in [0.5, 0.6) is 5.75 Å². The van der Waals surface area contributed by atoms with Crippen molar-refractivity contribution in [2.24, 2.45) is 7.05 Å². The molecule has 2 aromatic carbocycles. The van der Waals surface area contributed by atoms with E-state index in [0.29, 0.717) is 17.1 Å². The van der Waals surface area contributed by atoms with E-state index in [1.54, 1.807) is 25.4 Å². The van der Waals surface area contributed by atoms with Crippen LogP contribution >= 0.6 is 0 Å². The zero-order valence-electron chi connectivity index (χ0n) is 18.5. The number of aromatic nitrogens is 3. The summed E-state index contributed by atoms with van der Waals surface area (Å²) in [7, 11) is 3.50. The third kappa shape index (κ3) is 4.01. The number of aryl methyl sites for hydroxylation is 2. The van der Waals surface area contributed by atoms with Gasteiger partial charge in [-0.15, -0.1) is 0 Å². The van der Waals surface area contributed by atoms with Crippen molar-refractivity contribution in [3.05, 3.63) is 101 Å². The van der Waals surface area contributed by atoms with Gasteiger partial charge in [0.25, 0.3) is 5.91 Å². The van der Waals surface area contributed by atoms with Gasteiger partial charge < -0.3 is 19.2 Å². The Hall–Kier alpha value is -3.87. The Morgan fingerprint density at radius 3 is 2.53 bits per heavy atom. The summed E-state index contributed by atoms with van der Waals surface area (Å²) in [6.07, 6.45) is 3.55. The van der Waals surface area contributed by atoms with Crippen molar-refractivity contribution in [3.8, 4) is 11.4 Å². The van der Waals surface area contributed by atoms with Crippen molar-refractivity contribution in [1.29, 1.82) is 0 Å². The number of ether oxygens (including phenoxy) is 1. The number of imidazole rings is 1. The van der Waals surface area contributed by atoms with Crippen LogP contribution in [-0.2, 0) is 7.05 Å². The lowest BCUT2D eigenvalue weighted by Crippen LogP contribution is -2.31. The number of amides is 1. The zero-order valence-corrected chi connectivity index (χ0v) is 18.5. The first-order valence-corrected chi connectivity index (χ1v) is 10.3. The Kier molecular flexibility index (Phi) is 5.81. The van der Waals surface area contributed by atoms with Crippen LogP contribution in [-0.4, -0.2) is 27.1 Å². The van der Waals surface area contributed by atoms with Crippen LogP contribution in [0, 0.1) is 19.7 Å². The van der Waals surface area contributed by atoms with Crippen molar-refractivity contribution < 1.29 is 13.9 Å². The zero-order chi connectivity index (χ0) is 22.8. The molecule has 1 unspecified atom stereocenters. The van der Waals surface area contributed by atoms with E-state index in [1.807, 2.05) is 66.6 Å². The fourth-order valence-electron chi connectivity index (χ4n) is 3.96. The predicted octanol–water partition coefficient (Wildman–Crippen LogP) is 4.49. The number of hydrogen-bond acceptors (Lipinski definition) is 3. The van der Waals surface area contributed by atoms with Gasteiger partial charge in [-0.3, -0.25) is 4.79 Å². The minimum atomic E-state index is -0.466. The lowest BCUT2D eigenvalue weighted by atomic mass is 10.0. The molecule has 0 saturated heterocycles. The van der Waals surface area contributed by atoms with Gasteiger partial charge in [-0.25, -0.2) is 9.37 Å². The van der Waals surface area contributed by atoms with Crippen LogP contribution in [0.25, 0.3) is 5.69 Å². The normalized spacial score (nSPS) is 11.9. The second kappa shape index (κ2) is 8.70. The summed E-state index contributed by atoms with van der Waals surface area (Å²) >= 11 is 0. The maximum absolute atomic E-state index is 13.4. The molecule has 4 aromatic rings. The third-order valence-electron chi connectivity index (χ3n) is 5.58. The van der Waals surface area contributed by atoms with Crippen LogP contribution in [0.3, 0.4) is 0 Å². The second-order valence-electron chi connectivity index (χ2n) is 7.68. The van der Waals surface area contributed by atoms with Crippen molar-refractivity contribution in [2.45, 2.75) is 19.9 Å². The minimum Gasteiger partial charge on any atom is -0.497 e. The lowest BCUT2D eigenvalue weighted by molar-refractivity contribution is 0.0940. The molecule has 0 saturated carbocycles. The molecule has 1 amide bonds. The van der Waals surface area contributed by atoms with Crippen LogP contribution in [0.15, 0.2) is 67.0 Å². The number of nitrogens with zero attached hydrogens (tertiary/aromatic N) is 3. The molecule has 0 aliphatic carbocycles. The van der Waals surface area contributed by atoms with Crippen molar-refractivity contribution in [1.82, 2.24) is 19.4 Å². The standard InChI is InChI=1S/C25H25FN4O2/c1-16-14-22(17(2)30(16)20-10-8-19(26)9-11-20)25(31)28-23(24-27-12-13-29(24)3)18-6-5-7-21(15-18)32-4/h5-15,23H,1-4H3,(H,28,31). The van der Waals surface area contributed by atoms with E-state index in [9.17, 15) is 9.18 Å². The summed E-state index contributed by atoms with van der Waals surface area (Å²) in [6.45, 7) is 3.80. The summed E-state index contributed by atoms with van der Waals surface area (Å²) in [4.78, 5) is 17.9. The summed E-state index contributed by atoms with van der Waals surface area (Å²) in [5, 5.41) is 3.13. The topological polar surface area (TPSA) is 61.1 Å². The number of carbonyl (C=O) groups excluding carboxylic acids is 1. The molecule has 0 bridgehead atoms. The Bertz CT molecular complexity index is 1260. The molecule has 164 valence electrons. The summed E-state index contributed by atoms with van der Waals surface area (Å²) in [5.41, 5.74) is 3.87. The Morgan fingerprint density at radius 2 is 1.88 bits per heavy atom. The highest BCUT2D eigenvalue weighted by Crippen LogP contribution is 2.26. The van der Waals surface area contributed by atoms with Gasteiger partial charge in [-0.2, -0.15) is 0 Å². The molecule has 32 heavy (non-hydrogen) atoms. The Balaban J connectivity index is 1.71. The molecule has 0 aliphatic rings. The van der Waals surface area contributed by atoms with E-state index in [4.69, 9.17) is 4.74 Å². The molecule has 0 fully saturated rings. The maximum atomic E-state index is 13.4. The van der Waals surface area contributed by atoms with E-state index in [2.05, 4.69) is 10.3 Å². The van der Waals surface area contributed by atoms with Crippen LogP contribution in [0.2, 0.25) is 0 Å². The van der Waals surface area contributed by atoms with Crippen molar-refractivity contribution >= 4 is 5.91 Å². The molecule has 0 radical (unpaired) electrons. The smallest absolute Gasteiger partial charge is 0.253 e. The molecule has 7 heteroatoms. The summed E-state index contributed by atoms with van der Waals surface area (Å²) in [5.74, 6) is 0.886. The highest BCUT2D eigenvalue weighted by atomic mass is 19.1. The van der Waals surface area contributed by atoms with Gasteiger partial charge in [0.2, 0.25) is 0 Å². The molecule has 2 heterocycles. The first-order valence-electron chi connectivity index (χ1n) is 10.3. The lowest BCUT2D eigenvalue weighted by Gasteiger charge is -2.20. The van der Waals surface area contributed by atoms with E-state index in [0.717, 1.165) is 22.6 Å². The number of nitrogens with one attached hydrogen (secondary N) is 1. The number of carbonyl (C=O) groups is 1. The molecule has 4 rings (SSSR count). The molecular weight excluding hydrogens is 407 g/mol. The van der Waals surface area contributed by atoms with Crippen molar-refractivity contribution in [3.63, 3.8) is 0 Å². The van der Waals surface area contributed by atoms with Crippen molar-refractivity contribution in [2.75, 3.05) is 7.11 Å². The third-order valence-corrected chi connectivity index (χ3v) is 5.58. The minimum absolute atomic E-state index is 0.220. The molecule has 6 nitrogen and oxygen atoms in total. The number of methoxy groups -OCH3 is 1. The Labute approximate surface area is 186 Å². The van der Waals surface area contributed by atoms with Gasteiger partial charge in [-0.1, -0.05) is 12.1 Å². The number of benzene rings is 2. The quantitative estimate of drug-likeness (QED) is 0.488. The van der Waals surface area contributed by atoms with Gasteiger partial charge >= 0.3 is 0 Å². The molecule has 2 aromatic heterocycles. The highest BCUT2D eigenvalue weighted by Gasteiger charge is 2.24. The Morgan fingerprint density at radius 1 is 1.12 bits per heavy atom. The first kappa shape index (κ1) is 21.4. The molecular formula is C25H25FN4O2. The fraction of sp³-hybridized carbons (Fsp3) is 0.200. The van der Waals surface area contributed by atoms with E-state index in [-0.39, 0.29) is 11.7 Å². The number of hydrogen-bond donors (Lipinski definition) is 1. The van der Waals surface area contributed by atoms with Gasteiger partial charge in [0.05, 0.1) is 12.7 Å². The first-order chi connectivity index (χ1) is 15.4. The average Bonchev–Trinajstić information content (AvgIpc) is 3.35. The van der Waals surface area contributed by atoms with E-state index < -0.39 is 6.04 Å². The van der Waals surface area contributed by atoms with Gasteiger partial charge in [-0.05, 0) is 61.9 Å². The molecule has 1 atom stereocenters. The van der Waals surface area contributed by atoms with Crippen LogP contribution in [0.1, 0.15) is 39.2 Å². The number of rotatable bonds is 6.